The number of nitrogens with zero attached hydrogens (tertiary/aromatic N) is 3. The van der Waals surface area contributed by atoms with E-state index < -0.39 is 5.91 Å². The number of benzene rings is 1. The molecule has 0 aliphatic carbocycles. The second-order valence-electron chi connectivity index (χ2n) is 4.22. The van der Waals surface area contributed by atoms with Crippen molar-refractivity contribution in [3.8, 4) is 0 Å². The number of thioether (sulfide) groups is 1. The van der Waals surface area contributed by atoms with Crippen molar-refractivity contribution in [2.24, 2.45) is 5.73 Å². The fraction of sp³-hybridized carbons (Fsp3) is 0.167. The van der Waals surface area contributed by atoms with E-state index in [9.17, 15) is 4.79 Å². The van der Waals surface area contributed by atoms with Gasteiger partial charge in [0.2, 0.25) is 11.1 Å². The number of nitrogens with two attached hydrogens (primary N) is 1. The molecule has 0 fully saturated rings. The number of carbonyl (C=O) groups is 1. The van der Waals surface area contributed by atoms with E-state index in [2.05, 4.69) is 20.2 Å². The summed E-state index contributed by atoms with van der Waals surface area (Å²) in [7, 11) is 0. The van der Waals surface area contributed by atoms with Crippen molar-refractivity contribution in [3.63, 3.8) is 0 Å². The number of amides is 1. The molecule has 2 heterocycles. The number of aromatic nitrogens is 4. The van der Waals surface area contributed by atoms with Gasteiger partial charge >= 0.3 is 0 Å². The molecule has 0 unspecified atom stereocenters. The predicted octanol–water partition coefficient (Wildman–Crippen LogP) is 1.39. The molecular weight excluding hydrogens is 262 g/mol. The van der Waals surface area contributed by atoms with Gasteiger partial charge in [-0.05, 0) is 19.1 Å². The molecule has 0 atom stereocenters. The van der Waals surface area contributed by atoms with Gasteiger partial charge in [-0.1, -0.05) is 23.4 Å². The quantitative estimate of drug-likeness (QED) is 0.703. The van der Waals surface area contributed by atoms with Crippen molar-refractivity contribution < 1.29 is 4.79 Å². The second kappa shape index (κ2) is 4.51. The molecule has 3 aromatic rings. The Labute approximate surface area is 112 Å². The summed E-state index contributed by atoms with van der Waals surface area (Å²) in [5, 5.41) is 9.62. The molecule has 3 N–H and O–H groups in total. The van der Waals surface area contributed by atoms with E-state index in [0.29, 0.717) is 10.8 Å². The van der Waals surface area contributed by atoms with Crippen LogP contribution in [0, 0.1) is 6.92 Å². The molecule has 3 rings (SSSR count). The van der Waals surface area contributed by atoms with Gasteiger partial charge in [0, 0.05) is 10.9 Å². The molecule has 0 saturated carbocycles. The van der Waals surface area contributed by atoms with Gasteiger partial charge in [0.1, 0.15) is 5.52 Å². The Bertz CT molecular complexity index is 782. The zero-order valence-corrected chi connectivity index (χ0v) is 11.0. The summed E-state index contributed by atoms with van der Waals surface area (Å²) in [5.41, 5.74) is 8.62. The highest BCUT2D eigenvalue weighted by molar-refractivity contribution is 7.99. The van der Waals surface area contributed by atoms with Crippen LogP contribution in [-0.4, -0.2) is 31.8 Å². The van der Waals surface area contributed by atoms with E-state index in [0.717, 1.165) is 22.0 Å². The lowest BCUT2D eigenvalue weighted by Gasteiger charge is -1.96. The standard InChI is InChI=1S/C12H11N5OS/c1-6-2-3-8-7(4-6)10-11(14-8)15-12(17-16-10)19-5-9(13)18/h2-4H,5H2,1H3,(H2,13,18)(H,14,15,17). The molecule has 2 aromatic heterocycles. The topological polar surface area (TPSA) is 97.6 Å². The number of fused-ring (bicyclic) bond motifs is 3. The number of primary amides is 1. The predicted molar refractivity (Wildman–Crippen MR) is 73.8 cm³/mol. The molecule has 0 aliphatic rings. The van der Waals surface area contributed by atoms with E-state index in [1.807, 2.05) is 25.1 Å². The van der Waals surface area contributed by atoms with Crippen molar-refractivity contribution in [1.29, 1.82) is 0 Å². The van der Waals surface area contributed by atoms with Crippen molar-refractivity contribution in [1.82, 2.24) is 20.2 Å². The second-order valence-corrected chi connectivity index (χ2v) is 5.16. The van der Waals surface area contributed by atoms with Gasteiger partial charge in [0.15, 0.2) is 5.65 Å². The number of carbonyl (C=O) groups excluding carboxylic acids is 1. The number of aromatic amines is 1. The van der Waals surface area contributed by atoms with Crippen molar-refractivity contribution >= 4 is 39.7 Å². The van der Waals surface area contributed by atoms with E-state index in [-0.39, 0.29) is 5.75 Å². The number of aryl methyl sites for hydroxylation is 1. The minimum Gasteiger partial charge on any atom is -0.369 e. The zero-order valence-electron chi connectivity index (χ0n) is 10.2. The molecule has 0 saturated heterocycles. The third-order valence-electron chi connectivity index (χ3n) is 2.69. The summed E-state index contributed by atoms with van der Waals surface area (Å²) < 4.78 is 0. The number of rotatable bonds is 3. The molecule has 6 nitrogen and oxygen atoms in total. The lowest BCUT2D eigenvalue weighted by atomic mass is 10.2. The molecular formula is C12H11N5OS. The first kappa shape index (κ1) is 11.9. The third-order valence-corrected chi connectivity index (χ3v) is 3.55. The number of H-pyrrole nitrogens is 1. The van der Waals surface area contributed by atoms with Crippen LogP contribution < -0.4 is 5.73 Å². The van der Waals surface area contributed by atoms with Gasteiger partial charge < -0.3 is 10.7 Å². The fourth-order valence-corrected chi connectivity index (χ4v) is 2.39. The molecule has 1 amide bonds. The van der Waals surface area contributed by atoms with Crippen molar-refractivity contribution in [3.05, 3.63) is 23.8 Å². The molecule has 19 heavy (non-hydrogen) atoms. The summed E-state index contributed by atoms with van der Waals surface area (Å²) in [6.45, 7) is 2.02. The van der Waals surface area contributed by atoms with Gasteiger partial charge in [0.25, 0.3) is 0 Å². The van der Waals surface area contributed by atoms with Gasteiger partial charge in [-0.3, -0.25) is 4.79 Å². The Kier molecular flexibility index (Phi) is 2.83. The Balaban J connectivity index is 2.08. The van der Waals surface area contributed by atoms with E-state index in [1.165, 1.54) is 11.8 Å². The SMILES string of the molecule is Cc1ccc2[nH]c3nc(SCC(N)=O)nnc3c2c1. The number of nitrogens with one attached hydrogen (secondary N) is 1. The lowest BCUT2D eigenvalue weighted by molar-refractivity contribution is -0.115. The van der Waals surface area contributed by atoms with Crippen LogP contribution in [0.4, 0.5) is 0 Å². The average molecular weight is 273 g/mol. The Morgan fingerprint density at radius 1 is 1.42 bits per heavy atom. The smallest absolute Gasteiger partial charge is 0.227 e. The highest BCUT2D eigenvalue weighted by Crippen LogP contribution is 2.24. The monoisotopic (exact) mass is 273 g/mol. The van der Waals surface area contributed by atoms with Crippen LogP contribution in [-0.2, 0) is 4.79 Å². The van der Waals surface area contributed by atoms with Crippen LogP contribution in [0.15, 0.2) is 23.4 Å². The minimum absolute atomic E-state index is 0.145. The molecule has 1 aromatic carbocycles. The first-order valence-electron chi connectivity index (χ1n) is 5.67. The maximum Gasteiger partial charge on any atom is 0.227 e. The maximum atomic E-state index is 10.7. The largest absolute Gasteiger partial charge is 0.369 e. The number of hydrogen-bond acceptors (Lipinski definition) is 5. The van der Waals surface area contributed by atoms with Crippen LogP contribution >= 0.6 is 11.8 Å². The molecule has 7 heteroatoms. The molecule has 0 aliphatic heterocycles. The Morgan fingerprint density at radius 3 is 3.05 bits per heavy atom. The summed E-state index contributed by atoms with van der Waals surface area (Å²) in [4.78, 5) is 18.3. The molecule has 96 valence electrons. The lowest BCUT2D eigenvalue weighted by Crippen LogP contribution is -2.13. The third kappa shape index (κ3) is 2.24. The zero-order chi connectivity index (χ0) is 13.4. The van der Waals surface area contributed by atoms with Gasteiger partial charge in [0.05, 0.1) is 5.75 Å². The fourth-order valence-electron chi connectivity index (χ4n) is 1.87. The normalized spacial score (nSPS) is 11.2. The van der Waals surface area contributed by atoms with Crippen LogP contribution in [0.1, 0.15) is 5.56 Å². The highest BCUT2D eigenvalue weighted by Gasteiger charge is 2.10. The molecule has 0 radical (unpaired) electrons. The van der Waals surface area contributed by atoms with Gasteiger partial charge in [-0.2, -0.15) is 0 Å². The molecule has 0 spiro atoms. The Hall–Kier alpha value is -2.15. The minimum atomic E-state index is -0.402. The number of hydrogen-bond donors (Lipinski definition) is 2. The van der Waals surface area contributed by atoms with E-state index in [1.54, 1.807) is 0 Å². The summed E-state index contributed by atoms with van der Waals surface area (Å²) in [6, 6.07) is 6.05. The molecule has 0 bridgehead atoms. The Morgan fingerprint density at radius 2 is 2.26 bits per heavy atom. The van der Waals surface area contributed by atoms with Crippen molar-refractivity contribution in [2.75, 3.05) is 5.75 Å². The van der Waals surface area contributed by atoms with Crippen LogP contribution in [0.5, 0.6) is 0 Å². The first-order chi connectivity index (χ1) is 9.13. The average Bonchev–Trinajstić information content (AvgIpc) is 2.73. The van der Waals surface area contributed by atoms with E-state index in [4.69, 9.17) is 5.73 Å². The van der Waals surface area contributed by atoms with Gasteiger partial charge in [-0.25, -0.2) is 4.98 Å². The van der Waals surface area contributed by atoms with Crippen molar-refractivity contribution in [2.45, 2.75) is 12.1 Å². The highest BCUT2D eigenvalue weighted by atomic mass is 32.2. The summed E-state index contributed by atoms with van der Waals surface area (Å²) in [6.07, 6.45) is 0. The first-order valence-corrected chi connectivity index (χ1v) is 6.66. The maximum absolute atomic E-state index is 10.7. The summed E-state index contributed by atoms with van der Waals surface area (Å²) >= 11 is 1.18. The summed E-state index contributed by atoms with van der Waals surface area (Å²) in [5.74, 6) is -0.257. The van der Waals surface area contributed by atoms with E-state index >= 15 is 0 Å². The van der Waals surface area contributed by atoms with Crippen LogP contribution in [0.3, 0.4) is 0 Å². The van der Waals surface area contributed by atoms with Crippen LogP contribution in [0.2, 0.25) is 0 Å². The van der Waals surface area contributed by atoms with Crippen LogP contribution in [0.25, 0.3) is 22.1 Å². The van der Waals surface area contributed by atoms with Gasteiger partial charge in [-0.15, -0.1) is 10.2 Å².